The highest BCUT2D eigenvalue weighted by Gasteiger charge is 2.10. The molecule has 96 valence electrons. The maximum atomic E-state index is 6.07. The number of rotatable bonds is 3. The number of nitrogen functional groups attached to an aromatic ring is 1. The van der Waals surface area contributed by atoms with Crippen molar-refractivity contribution >= 4 is 23.0 Å². The van der Waals surface area contributed by atoms with Crippen LogP contribution in [0, 0.1) is 6.92 Å². The van der Waals surface area contributed by atoms with Crippen LogP contribution in [-0.4, -0.2) is 16.6 Å². The Morgan fingerprint density at radius 1 is 1.44 bits per heavy atom. The van der Waals surface area contributed by atoms with Gasteiger partial charge in [-0.1, -0.05) is 11.6 Å². The molecule has 0 aliphatic carbocycles. The summed E-state index contributed by atoms with van der Waals surface area (Å²) in [4.78, 5) is 6.43. The van der Waals surface area contributed by atoms with Gasteiger partial charge in [0.05, 0.1) is 17.3 Å². The van der Waals surface area contributed by atoms with Gasteiger partial charge in [0, 0.05) is 32.2 Å². The fourth-order valence-electron chi connectivity index (χ4n) is 1.95. The Bertz CT molecular complexity index is 562. The maximum absolute atomic E-state index is 6.07. The molecule has 1 aromatic heterocycles. The average Bonchev–Trinajstić information content (AvgIpc) is 2.69. The zero-order valence-corrected chi connectivity index (χ0v) is 11.6. The smallest absolute Gasteiger partial charge is 0.127 e. The van der Waals surface area contributed by atoms with Crippen LogP contribution in [-0.2, 0) is 13.6 Å². The third-order valence-corrected chi connectivity index (χ3v) is 3.35. The van der Waals surface area contributed by atoms with E-state index in [4.69, 9.17) is 17.3 Å². The normalized spacial score (nSPS) is 10.7. The summed E-state index contributed by atoms with van der Waals surface area (Å²) in [5.41, 5.74) is 8.57. The van der Waals surface area contributed by atoms with Crippen LogP contribution in [0.3, 0.4) is 0 Å². The lowest BCUT2D eigenvalue weighted by Gasteiger charge is -2.22. The van der Waals surface area contributed by atoms with E-state index >= 15 is 0 Å². The van der Waals surface area contributed by atoms with Crippen molar-refractivity contribution in [3.63, 3.8) is 0 Å². The monoisotopic (exact) mass is 264 g/mol. The van der Waals surface area contributed by atoms with Crippen LogP contribution in [0.2, 0.25) is 5.02 Å². The van der Waals surface area contributed by atoms with E-state index in [0.29, 0.717) is 10.7 Å². The summed E-state index contributed by atoms with van der Waals surface area (Å²) in [5, 5.41) is 0.585. The molecule has 0 amide bonds. The van der Waals surface area contributed by atoms with Gasteiger partial charge in [0.2, 0.25) is 0 Å². The SMILES string of the molecule is Cc1cc(N)c(Cl)cc1N(C)Cc1nccn1C. The Morgan fingerprint density at radius 3 is 2.78 bits per heavy atom. The molecular formula is C13H17ClN4. The molecule has 2 aromatic rings. The number of imidazole rings is 1. The number of anilines is 2. The first-order chi connectivity index (χ1) is 8.49. The number of nitrogens with two attached hydrogens (primary N) is 1. The van der Waals surface area contributed by atoms with Crippen LogP contribution < -0.4 is 10.6 Å². The number of aromatic nitrogens is 2. The summed E-state index contributed by atoms with van der Waals surface area (Å²) in [6.07, 6.45) is 3.73. The predicted octanol–water partition coefficient (Wildman–Crippen LogP) is 2.60. The summed E-state index contributed by atoms with van der Waals surface area (Å²) in [6.45, 7) is 2.75. The zero-order valence-electron chi connectivity index (χ0n) is 10.8. The lowest BCUT2D eigenvalue weighted by atomic mass is 10.1. The lowest BCUT2D eigenvalue weighted by Crippen LogP contribution is -2.20. The van der Waals surface area contributed by atoms with Crippen molar-refractivity contribution in [3.05, 3.63) is 40.9 Å². The van der Waals surface area contributed by atoms with E-state index in [1.165, 1.54) is 0 Å². The molecule has 0 aliphatic heterocycles. The van der Waals surface area contributed by atoms with Gasteiger partial charge in [0.15, 0.2) is 0 Å². The topological polar surface area (TPSA) is 47.1 Å². The summed E-state index contributed by atoms with van der Waals surface area (Å²) in [6, 6.07) is 3.79. The fourth-order valence-corrected chi connectivity index (χ4v) is 2.11. The van der Waals surface area contributed by atoms with Gasteiger partial charge >= 0.3 is 0 Å². The highest BCUT2D eigenvalue weighted by Crippen LogP contribution is 2.29. The second-order valence-electron chi connectivity index (χ2n) is 4.47. The third kappa shape index (κ3) is 2.43. The molecule has 0 saturated carbocycles. The molecule has 2 N–H and O–H groups in total. The maximum Gasteiger partial charge on any atom is 0.127 e. The van der Waals surface area contributed by atoms with Gasteiger partial charge in [-0.15, -0.1) is 0 Å². The fraction of sp³-hybridized carbons (Fsp3) is 0.308. The molecule has 2 rings (SSSR count). The summed E-state index contributed by atoms with van der Waals surface area (Å²) in [7, 11) is 4.00. The highest BCUT2D eigenvalue weighted by atomic mass is 35.5. The van der Waals surface area contributed by atoms with Gasteiger partial charge in [-0.3, -0.25) is 0 Å². The van der Waals surface area contributed by atoms with Crippen LogP contribution in [0.15, 0.2) is 24.5 Å². The average molecular weight is 265 g/mol. The van der Waals surface area contributed by atoms with Crippen LogP contribution in [0.25, 0.3) is 0 Å². The Labute approximate surface area is 112 Å². The van der Waals surface area contributed by atoms with E-state index in [1.807, 2.05) is 43.9 Å². The van der Waals surface area contributed by atoms with Crippen molar-refractivity contribution in [2.45, 2.75) is 13.5 Å². The first-order valence-corrected chi connectivity index (χ1v) is 6.10. The molecule has 1 heterocycles. The van der Waals surface area contributed by atoms with Gasteiger partial charge in [0.25, 0.3) is 0 Å². The molecule has 0 fully saturated rings. The predicted molar refractivity (Wildman–Crippen MR) is 75.9 cm³/mol. The van der Waals surface area contributed by atoms with E-state index in [-0.39, 0.29) is 0 Å². The number of aryl methyl sites for hydroxylation is 2. The molecule has 0 atom stereocenters. The Balaban J connectivity index is 2.26. The molecular weight excluding hydrogens is 248 g/mol. The molecule has 0 saturated heterocycles. The molecule has 0 spiro atoms. The number of halogens is 1. The van der Waals surface area contributed by atoms with Crippen molar-refractivity contribution < 1.29 is 0 Å². The minimum Gasteiger partial charge on any atom is -0.398 e. The Kier molecular flexibility index (Phi) is 3.48. The Hall–Kier alpha value is -1.68. The van der Waals surface area contributed by atoms with E-state index in [2.05, 4.69) is 9.88 Å². The summed E-state index contributed by atoms with van der Waals surface area (Å²) < 4.78 is 2.00. The van der Waals surface area contributed by atoms with Crippen molar-refractivity contribution in [3.8, 4) is 0 Å². The quantitative estimate of drug-likeness (QED) is 0.867. The van der Waals surface area contributed by atoms with E-state index in [9.17, 15) is 0 Å². The van der Waals surface area contributed by atoms with Gasteiger partial charge in [-0.05, 0) is 24.6 Å². The van der Waals surface area contributed by atoms with E-state index < -0.39 is 0 Å². The largest absolute Gasteiger partial charge is 0.398 e. The highest BCUT2D eigenvalue weighted by molar-refractivity contribution is 6.33. The minimum atomic E-state index is 0.585. The van der Waals surface area contributed by atoms with Gasteiger partial charge in [0.1, 0.15) is 5.82 Å². The van der Waals surface area contributed by atoms with Crippen molar-refractivity contribution in [2.75, 3.05) is 17.7 Å². The second-order valence-corrected chi connectivity index (χ2v) is 4.88. The molecule has 0 aliphatic rings. The van der Waals surface area contributed by atoms with Gasteiger partial charge < -0.3 is 15.2 Å². The van der Waals surface area contributed by atoms with Crippen molar-refractivity contribution in [2.24, 2.45) is 7.05 Å². The van der Waals surface area contributed by atoms with Gasteiger partial charge in [-0.25, -0.2) is 4.98 Å². The van der Waals surface area contributed by atoms with Crippen LogP contribution in [0.5, 0.6) is 0 Å². The van der Waals surface area contributed by atoms with E-state index in [1.54, 1.807) is 6.20 Å². The molecule has 0 radical (unpaired) electrons. The second kappa shape index (κ2) is 4.90. The third-order valence-electron chi connectivity index (χ3n) is 3.03. The standard InChI is InChI=1S/C13H17ClN4/c1-9-6-11(15)10(14)7-12(9)18(3)8-13-16-4-5-17(13)2/h4-7H,8,15H2,1-3H3. The van der Waals surface area contributed by atoms with Crippen molar-refractivity contribution in [1.29, 1.82) is 0 Å². The molecule has 4 nitrogen and oxygen atoms in total. The molecule has 18 heavy (non-hydrogen) atoms. The Morgan fingerprint density at radius 2 is 2.17 bits per heavy atom. The molecule has 0 bridgehead atoms. The first kappa shape index (κ1) is 12.8. The molecule has 5 heteroatoms. The number of benzene rings is 1. The number of hydrogen-bond acceptors (Lipinski definition) is 3. The van der Waals surface area contributed by atoms with Crippen LogP contribution >= 0.6 is 11.6 Å². The van der Waals surface area contributed by atoms with E-state index in [0.717, 1.165) is 23.6 Å². The first-order valence-electron chi connectivity index (χ1n) is 5.72. The van der Waals surface area contributed by atoms with Gasteiger partial charge in [-0.2, -0.15) is 0 Å². The number of hydrogen-bond donors (Lipinski definition) is 1. The van der Waals surface area contributed by atoms with Crippen molar-refractivity contribution in [1.82, 2.24) is 9.55 Å². The summed E-state index contributed by atoms with van der Waals surface area (Å²) in [5.74, 6) is 1.00. The van der Waals surface area contributed by atoms with Crippen LogP contribution in [0.1, 0.15) is 11.4 Å². The zero-order chi connectivity index (χ0) is 13.3. The lowest BCUT2D eigenvalue weighted by molar-refractivity contribution is 0.760. The summed E-state index contributed by atoms with van der Waals surface area (Å²) >= 11 is 6.07. The number of nitrogens with zero attached hydrogens (tertiary/aromatic N) is 3. The van der Waals surface area contributed by atoms with Crippen LogP contribution in [0.4, 0.5) is 11.4 Å². The molecule has 0 unspecified atom stereocenters. The minimum absolute atomic E-state index is 0.585. The molecule has 1 aromatic carbocycles.